The van der Waals surface area contributed by atoms with Crippen LogP contribution in [0.5, 0.6) is 0 Å². The number of aliphatic carboxylic acids is 1. The van der Waals surface area contributed by atoms with Gasteiger partial charge in [-0.25, -0.2) is 13.6 Å². The van der Waals surface area contributed by atoms with Gasteiger partial charge < -0.3 is 10.4 Å². The number of carbonyl (C=O) groups is 2. The first-order chi connectivity index (χ1) is 10.4. The van der Waals surface area contributed by atoms with Gasteiger partial charge in [0, 0.05) is 6.42 Å². The number of carboxylic acid groups (broad SMARTS) is 1. The van der Waals surface area contributed by atoms with E-state index in [0.717, 1.165) is 18.2 Å². The van der Waals surface area contributed by atoms with Crippen molar-refractivity contribution in [2.75, 3.05) is 11.5 Å². The van der Waals surface area contributed by atoms with E-state index in [4.69, 9.17) is 0 Å². The smallest absolute Gasteiger partial charge is 0.329 e. The van der Waals surface area contributed by atoms with Crippen LogP contribution >= 0.6 is 11.8 Å². The Morgan fingerprint density at radius 3 is 2.59 bits per heavy atom. The summed E-state index contributed by atoms with van der Waals surface area (Å²) in [6.45, 7) is 0. The molecule has 7 heteroatoms. The summed E-state index contributed by atoms with van der Waals surface area (Å²) < 4.78 is 26.6. The second-order valence-electron chi connectivity index (χ2n) is 5.28. The van der Waals surface area contributed by atoms with Crippen LogP contribution in [0.3, 0.4) is 0 Å². The molecule has 1 aromatic carbocycles. The van der Waals surface area contributed by atoms with E-state index in [0.29, 0.717) is 24.3 Å². The van der Waals surface area contributed by atoms with Crippen molar-refractivity contribution in [2.24, 2.45) is 0 Å². The second-order valence-corrected chi connectivity index (χ2v) is 6.51. The van der Waals surface area contributed by atoms with Crippen molar-refractivity contribution in [1.82, 2.24) is 5.32 Å². The lowest BCUT2D eigenvalue weighted by Crippen LogP contribution is -2.56. The summed E-state index contributed by atoms with van der Waals surface area (Å²) in [7, 11) is 0. The van der Waals surface area contributed by atoms with Crippen molar-refractivity contribution < 1.29 is 23.5 Å². The molecule has 1 fully saturated rings. The number of nitrogens with one attached hydrogen (secondary N) is 1. The largest absolute Gasteiger partial charge is 0.480 e. The van der Waals surface area contributed by atoms with Crippen LogP contribution in [0, 0.1) is 11.6 Å². The lowest BCUT2D eigenvalue weighted by Gasteiger charge is -2.33. The first-order valence-corrected chi connectivity index (χ1v) is 8.14. The number of thioether (sulfide) groups is 1. The van der Waals surface area contributed by atoms with Gasteiger partial charge in [-0.1, -0.05) is 0 Å². The van der Waals surface area contributed by atoms with E-state index in [1.54, 1.807) is 11.8 Å². The number of amides is 1. The van der Waals surface area contributed by atoms with E-state index < -0.39 is 29.0 Å². The van der Waals surface area contributed by atoms with Crippen molar-refractivity contribution in [1.29, 1.82) is 0 Å². The molecule has 0 saturated carbocycles. The van der Waals surface area contributed by atoms with Crippen molar-refractivity contribution in [2.45, 2.75) is 31.2 Å². The molecular weight excluding hydrogens is 312 g/mol. The molecule has 0 bridgehead atoms. The average molecular weight is 329 g/mol. The minimum Gasteiger partial charge on any atom is -0.480 e. The SMILES string of the molecule is O=C(CCc1cc(F)ccc1F)NC1(C(=O)O)CCSCC1. The fraction of sp³-hybridized carbons (Fsp3) is 0.467. The molecule has 1 aliphatic heterocycles. The molecule has 0 spiro atoms. The van der Waals surface area contributed by atoms with E-state index >= 15 is 0 Å². The molecule has 1 aromatic rings. The normalized spacial score (nSPS) is 17.0. The van der Waals surface area contributed by atoms with Crippen molar-refractivity contribution >= 4 is 23.6 Å². The third-order valence-corrected chi connectivity index (χ3v) is 4.75. The van der Waals surface area contributed by atoms with E-state index in [2.05, 4.69) is 5.32 Å². The number of rotatable bonds is 5. The number of hydrogen-bond donors (Lipinski definition) is 2. The van der Waals surface area contributed by atoms with Crippen molar-refractivity contribution in [3.63, 3.8) is 0 Å². The molecule has 1 aliphatic rings. The predicted octanol–water partition coefficient (Wildman–Crippen LogP) is 2.36. The lowest BCUT2D eigenvalue weighted by atomic mass is 9.92. The Labute approximate surface area is 131 Å². The third kappa shape index (κ3) is 3.97. The summed E-state index contributed by atoms with van der Waals surface area (Å²) >= 11 is 1.65. The Morgan fingerprint density at radius 2 is 1.95 bits per heavy atom. The van der Waals surface area contributed by atoms with E-state index in [1.807, 2.05) is 0 Å². The highest BCUT2D eigenvalue weighted by molar-refractivity contribution is 7.99. The van der Waals surface area contributed by atoms with Crippen LogP contribution in [0.15, 0.2) is 18.2 Å². The number of carbonyl (C=O) groups excluding carboxylic acids is 1. The van der Waals surface area contributed by atoms with Crippen LogP contribution < -0.4 is 5.32 Å². The first-order valence-electron chi connectivity index (χ1n) is 6.99. The zero-order valence-electron chi connectivity index (χ0n) is 11.9. The van der Waals surface area contributed by atoms with Gasteiger partial charge in [0.1, 0.15) is 17.2 Å². The zero-order chi connectivity index (χ0) is 16.2. The van der Waals surface area contributed by atoms with Crippen LogP contribution in [0.4, 0.5) is 8.78 Å². The summed E-state index contributed by atoms with van der Waals surface area (Å²) in [4.78, 5) is 23.4. The van der Waals surface area contributed by atoms with Crippen LogP contribution in [0.1, 0.15) is 24.8 Å². The molecule has 0 aliphatic carbocycles. The maximum absolute atomic E-state index is 13.5. The Morgan fingerprint density at radius 1 is 1.27 bits per heavy atom. The predicted molar refractivity (Wildman–Crippen MR) is 79.7 cm³/mol. The fourth-order valence-corrected chi connectivity index (χ4v) is 3.61. The maximum atomic E-state index is 13.5. The molecule has 1 amide bonds. The zero-order valence-corrected chi connectivity index (χ0v) is 12.7. The molecular formula is C15H17F2NO3S. The van der Waals surface area contributed by atoms with Crippen LogP contribution in [0.2, 0.25) is 0 Å². The monoisotopic (exact) mass is 329 g/mol. The van der Waals surface area contributed by atoms with E-state index in [1.165, 1.54) is 0 Å². The Kier molecular flexibility index (Phi) is 5.39. The van der Waals surface area contributed by atoms with Gasteiger partial charge in [-0.15, -0.1) is 0 Å². The van der Waals surface area contributed by atoms with Crippen LogP contribution in [-0.2, 0) is 16.0 Å². The quantitative estimate of drug-likeness (QED) is 0.870. The number of benzene rings is 1. The molecule has 1 saturated heterocycles. The average Bonchev–Trinajstić information content (AvgIpc) is 2.49. The van der Waals surface area contributed by atoms with E-state index in [9.17, 15) is 23.5 Å². The molecule has 120 valence electrons. The summed E-state index contributed by atoms with van der Waals surface area (Å²) in [5.74, 6) is -1.30. The number of aryl methyl sites for hydroxylation is 1. The molecule has 0 aromatic heterocycles. The highest BCUT2D eigenvalue weighted by Crippen LogP contribution is 2.27. The molecule has 1 heterocycles. The van der Waals surface area contributed by atoms with Gasteiger partial charge in [0.15, 0.2) is 0 Å². The molecule has 4 nitrogen and oxygen atoms in total. The highest BCUT2D eigenvalue weighted by atomic mass is 32.2. The number of carboxylic acids is 1. The fourth-order valence-electron chi connectivity index (χ4n) is 2.42. The standard InChI is InChI=1S/C15H17F2NO3S/c16-11-2-3-12(17)10(9-11)1-4-13(19)18-15(14(20)21)5-7-22-8-6-15/h2-3,9H,1,4-8H2,(H,18,19)(H,20,21). The van der Waals surface area contributed by atoms with Gasteiger partial charge >= 0.3 is 5.97 Å². The second kappa shape index (κ2) is 7.09. The van der Waals surface area contributed by atoms with Crippen LogP contribution in [0.25, 0.3) is 0 Å². The minimum absolute atomic E-state index is 0.0277. The summed E-state index contributed by atoms with van der Waals surface area (Å²) in [5, 5.41) is 11.9. The molecule has 22 heavy (non-hydrogen) atoms. The van der Waals surface area contributed by atoms with Gasteiger partial charge in [-0.05, 0) is 54.5 Å². The van der Waals surface area contributed by atoms with Gasteiger partial charge in [0.25, 0.3) is 0 Å². The number of halogens is 2. The lowest BCUT2D eigenvalue weighted by molar-refractivity contribution is -0.148. The van der Waals surface area contributed by atoms with Gasteiger partial charge in [-0.2, -0.15) is 11.8 Å². The Balaban J connectivity index is 1.97. The van der Waals surface area contributed by atoms with Crippen molar-refractivity contribution in [3.05, 3.63) is 35.4 Å². The molecule has 0 radical (unpaired) electrons. The third-order valence-electron chi connectivity index (χ3n) is 3.76. The molecule has 0 unspecified atom stereocenters. The summed E-state index contributed by atoms with van der Waals surface area (Å²) in [6, 6.07) is 3.07. The molecule has 2 rings (SSSR count). The first kappa shape index (κ1) is 16.7. The van der Waals surface area contributed by atoms with Gasteiger partial charge in [-0.3, -0.25) is 4.79 Å². The summed E-state index contributed by atoms with van der Waals surface area (Å²) in [6.07, 6.45) is 0.683. The topological polar surface area (TPSA) is 66.4 Å². The molecule has 0 atom stereocenters. The summed E-state index contributed by atoms with van der Waals surface area (Å²) in [5.41, 5.74) is -1.12. The number of hydrogen-bond acceptors (Lipinski definition) is 3. The highest BCUT2D eigenvalue weighted by Gasteiger charge is 2.41. The van der Waals surface area contributed by atoms with Gasteiger partial charge in [0.05, 0.1) is 0 Å². The minimum atomic E-state index is -1.23. The molecule has 2 N–H and O–H groups in total. The van der Waals surface area contributed by atoms with Crippen LogP contribution in [-0.4, -0.2) is 34.0 Å². The maximum Gasteiger partial charge on any atom is 0.329 e. The Hall–Kier alpha value is -1.63. The Bertz CT molecular complexity index is 574. The van der Waals surface area contributed by atoms with Gasteiger partial charge in [0.2, 0.25) is 5.91 Å². The van der Waals surface area contributed by atoms with Crippen molar-refractivity contribution in [3.8, 4) is 0 Å². The van der Waals surface area contributed by atoms with E-state index in [-0.39, 0.29) is 18.4 Å².